The minimum atomic E-state index is -0.110. The molecule has 2 atom stereocenters. The van der Waals surface area contributed by atoms with Crippen LogP contribution in [0.4, 0.5) is 0 Å². The molecule has 0 spiro atoms. The van der Waals surface area contributed by atoms with Crippen molar-refractivity contribution in [2.24, 2.45) is 5.92 Å². The van der Waals surface area contributed by atoms with E-state index in [0.29, 0.717) is 32.8 Å². The van der Waals surface area contributed by atoms with Crippen LogP contribution < -0.4 is 25.0 Å². The normalized spacial score (nSPS) is 20.8. The van der Waals surface area contributed by atoms with Crippen LogP contribution in [-0.2, 0) is 9.59 Å². The first kappa shape index (κ1) is 17.5. The third-order valence-electron chi connectivity index (χ3n) is 4.53. The first-order valence-corrected chi connectivity index (χ1v) is 8.82. The van der Waals surface area contributed by atoms with Crippen LogP contribution in [0.5, 0.6) is 11.5 Å². The zero-order valence-corrected chi connectivity index (χ0v) is 14.8. The fourth-order valence-electron chi connectivity index (χ4n) is 3.25. The number of hydrogen-bond acceptors (Lipinski definition) is 4. The van der Waals surface area contributed by atoms with Gasteiger partial charge in [-0.1, -0.05) is 19.9 Å². The van der Waals surface area contributed by atoms with E-state index in [0.717, 1.165) is 28.5 Å². The summed E-state index contributed by atoms with van der Waals surface area (Å²) in [5.74, 6) is 1.65. The summed E-state index contributed by atoms with van der Waals surface area (Å²) in [6.45, 7) is 7.29. The van der Waals surface area contributed by atoms with Gasteiger partial charge in [0, 0.05) is 0 Å². The highest BCUT2D eigenvalue weighted by molar-refractivity contribution is 5.79. The molecule has 1 fully saturated rings. The van der Waals surface area contributed by atoms with Crippen molar-refractivity contribution in [3.8, 4) is 11.5 Å². The lowest BCUT2D eigenvalue weighted by atomic mass is 9.95. The Labute approximate surface area is 147 Å². The maximum Gasteiger partial charge on any atom is 0.275 e. The Bertz CT molecular complexity index is 647. The minimum absolute atomic E-state index is 0.00120. The second-order valence-electron chi connectivity index (χ2n) is 6.90. The topological polar surface area (TPSA) is 81.1 Å². The maximum atomic E-state index is 12.5. The summed E-state index contributed by atoms with van der Waals surface area (Å²) in [5, 5.41) is 5.90. The number of benzene rings is 1. The molecule has 7 nitrogen and oxygen atoms in total. The summed E-state index contributed by atoms with van der Waals surface area (Å²) in [5.41, 5.74) is 0.999. The van der Waals surface area contributed by atoms with Crippen LogP contribution in [0, 0.1) is 5.92 Å². The largest absolute Gasteiger partial charge is 0.486 e. The van der Waals surface area contributed by atoms with Gasteiger partial charge in [-0.05, 0) is 23.6 Å². The molecule has 3 rings (SSSR count). The zero-order chi connectivity index (χ0) is 17.8. The highest BCUT2D eigenvalue weighted by Crippen LogP contribution is 2.34. The Balaban J connectivity index is 1.66. The molecule has 2 heterocycles. The summed E-state index contributed by atoms with van der Waals surface area (Å²) in [4.78, 5) is 24.9. The van der Waals surface area contributed by atoms with Gasteiger partial charge in [0.1, 0.15) is 13.2 Å². The van der Waals surface area contributed by atoms with Gasteiger partial charge in [0.15, 0.2) is 24.6 Å². The molecule has 0 aromatic heterocycles. The fourth-order valence-corrected chi connectivity index (χ4v) is 3.25. The average molecular weight is 348 g/mol. The van der Waals surface area contributed by atoms with Crippen molar-refractivity contribution in [2.45, 2.75) is 19.9 Å². The summed E-state index contributed by atoms with van der Waals surface area (Å²) < 4.78 is 11.2. The zero-order valence-electron chi connectivity index (χ0n) is 14.8. The molecule has 1 aromatic rings. The first-order chi connectivity index (χ1) is 12.0. The van der Waals surface area contributed by atoms with E-state index in [9.17, 15) is 9.59 Å². The second-order valence-corrected chi connectivity index (χ2v) is 6.90. The summed E-state index contributed by atoms with van der Waals surface area (Å²) in [7, 11) is 0. The molecule has 0 bridgehead atoms. The molecular weight excluding hydrogens is 322 g/mol. The molecule has 1 saturated heterocycles. The van der Waals surface area contributed by atoms with E-state index in [2.05, 4.69) is 24.5 Å². The molecule has 136 valence electrons. The van der Waals surface area contributed by atoms with Crippen molar-refractivity contribution in [1.29, 1.82) is 0 Å². The number of ether oxygens (including phenoxy) is 2. The number of carbonyl (C=O) groups is 2. The Kier molecular flexibility index (Phi) is 5.43. The van der Waals surface area contributed by atoms with Gasteiger partial charge in [0.25, 0.3) is 11.8 Å². The van der Waals surface area contributed by atoms with E-state index in [1.54, 1.807) is 0 Å². The lowest BCUT2D eigenvalue weighted by Crippen LogP contribution is -3.16. The molecule has 2 aliphatic heterocycles. The number of piperazine rings is 1. The number of fused-ring (bicyclic) bond motifs is 1. The fraction of sp³-hybridized carbons (Fsp3) is 0.556. The molecule has 25 heavy (non-hydrogen) atoms. The summed E-state index contributed by atoms with van der Waals surface area (Å²) in [6, 6.07) is 5.70. The van der Waals surface area contributed by atoms with Crippen LogP contribution in [-0.4, -0.2) is 51.2 Å². The van der Waals surface area contributed by atoms with Crippen LogP contribution in [0.2, 0.25) is 0 Å². The highest BCUT2D eigenvalue weighted by Gasteiger charge is 2.26. The molecule has 0 aliphatic carbocycles. The highest BCUT2D eigenvalue weighted by atomic mass is 16.6. The average Bonchev–Trinajstić information content (AvgIpc) is 2.59. The Morgan fingerprint density at radius 3 is 2.76 bits per heavy atom. The monoisotopic (exact) mass is 348 g/mol. The van der Waals surface area contributed by atoms with E-state index >= 15 is 0 Å². The molecule has 0 saturated carbocycles. The lowest BCUT2D eigenvalue weighted by Gasteiger charge is -2.27. The Morgan fingerprint density at radius 2 is 2.04 bits per heavy atom. The standard InChI is InChI=1S/C18H25N3O4/c1-12(2)18(13-3-4-14-15(9-13)25-8-7-24-14)20-17(23)11-21-6-5-19-16(22)10-21/h3-4,9,12,18H,5-8,10-11H2,1-2H3,(H,19,22)(H,20,23)/p+1/t18-/m1/s1. The number of nitrogens with one attached hydrogen (secondary N) is 3. The third-order valence-corrected chi connectivity index (χ3v) is 4.53. The van der Waals surface area contributed by atoms with Crippen LogP contribution in [0.3, 0.4) is 0 Å². The molecule has 0 radical (unpaired) electrons. The molecule has 1 unspecified atom stereocenters. The minimum Gasteiger partial charge on any atom is -0.486 e. The van der Waals surface area contributed by atoms with E-state index in [1.165, 1.54) is 0 Å². The van der Waals surface area contributed by atoms with E-state index in [1.807, 2.05) is 18.2 Å². The van der Waals surface area contributed by atoms with Crippen molar-refractivity contribution in [3.63, 3.8) is 0 Å². The molecule has 7 heteroatoms. The van der Waals surface area contributed by atoms with Gasteiger partial charge in [0.05, 0.1) is 19.1 Å². The number of carbonyl (C=O) groups excluding carboxylic acids is 2. The molecule has 2 amide bonds. The number of hydrogen-bond donors (Lipinski definition) is 3. The van der Waals surface area contributed by atoms with Gasteiger partial charge >= 0.3 is 0 Å². The quantitative estimate of drug-likeness (QED) is 0.656. The SMILES string of the molecule is CC(C)[C@@H](NC(=O)C[NH+]1CCNC(=O)C1)c1ccc2c(c1)OCCO2. The number of quaternary nitrogens is 1. The maximum absolute atomic E-state index is 12.5. The summed E-state index contributed by atoms with van der Waals surface area (Å²) in [6.07, 6.45) is 0. The Morgan fingerprint density at radius 1 is 1.28 bits per heavy atom. The van der Waals surface area contributed by atoms with Gasteiger partial charge in [0.2, 0.25) is 0 Å². The van der Waals surface area contributed by atoms with Gasteiger partial charge < -0.3 is 25.0 Å². The third kappa shape index (κ3) is 4.42. The van der Waals surface area contributed by atoms with Crippen molar-refractivity contribution in [1.82, 2.24) is 10.6 Å². The van der Waals surface area contributed by atoms with Crippen molar-refractivity contribution in [3.05, 3.63) is 23.8 Å². The predicted molar refractivity (Wildman–Crippen MR) is 91.7 cm³/mol. The van der Waals surface area contributed by atoms with Crippen LogP contribution >= 0.6 is 0 Å². The van der Waals surface area contributed by atoms with Gasteiger partial charge in [-0.15, -0.1) is 0 Å². The van der Waals surface area contributed by atoms with Crippen molar-refractivity contribution in [2.75, 3.05) is 39.4 Å². The number of rotatable bonds is 5. The molecule has 3 N–H and O–H groups in total. The Hall–Kier alpha value is -2.28. The van der Waals surface area contributed by atoms with E-state index < -0.39 is 0 Å². The van der Waals surface area contributed by atoms with Gasteiger partial charge in [-0.25, -0.2) is 0 Å². The molecule has 1 aromatic carbocycles. The van der Waals surface area contributed by atoms with Gasteiger partial charge in [-0.3, -0.25) is 9.59 Å². The number of amides is 2. The van der Waals surface area contributed by atoms with Crippen molar-refractivity contribution >= 4 is 11.8 Å². The van der Waals surface area contributed by atoms with Crippen molar-refractivity contribution < 1.29 is 24.0 Å². The molecular formula is C18H26N3O4+. The smallest absolute Gasteiger partial charge is 0.275 e. The molecule has 2 aliphatic rings. The first-order valence-electron chi connectivity index (χ1n) is 8.82. The van der Waals surface area contributed by atoms with E-state index in [-0.39, 0.29) is 23.8 Å². The van der Waals surface area contributed by atoms with E-state index in [4.69, 9.17) is 9.47 Å². The second kappa shape index (κ2) is 7.74. The predicted octanol–water partition coefficient (Wildman–Crippen LogP) is -0.714. The van der Waals surface area contributed by atoms with Gasteiger partial charge in [-0.2, -0.15) is 0 Å². The van der Waals surface area contributed by atoms with Crippen LogP contribution in [0.1, 0.15) is 25.5 Å². The van der Waals surface area contributed by atoms with Crippen LogP contribution in [0.25, 0.3) is 0 Å². The summed E-state index contributed by atoms with van der Waals surface area (Å²) >= 11 is 0. The van der Waals surface area contributed by atoms with Crippen LogP contribution in [0.15, 0.2) is 18.2 Å². The lowest BCUT2D eigenvalue weighted by molar-refractivity contribution is -0.885.